The van der Waals surface area contributed by atoms with Crippen molar-refractivity contribution in [3.63, 3.8) is 0 Å². The Balaban J connectivity index is 1.54. The molecule has 3 aromatic rings. The van der Waals surface area contributed by atoms with Crippen molar-refractivity contribution < 1.29 is 13.6 Å². The minimum atomic E-state index is -0.816. The molecular formula is C17H14F2N4OS2. The summed E-state index contributed by atoms with van der Waals surface area (Å²) in [6.07, 6.45) is 0. The van der Waals surface area contributed by atoms with E-state index in [4.69, 9.17) is 0 Å². The van der Waals surface area contributed by atoms with Crippen molar-refractivity contribution in [1.82, 2.24) is 10.2 Å². The molecule has 26 heavy (non-hydrogen) atoms. The largest absolute Gasteiger partial charge is 0.330 e. The molecule has 9 heteroatoms. The molecule has 0 spiro atoms. The average Bonchev–Trinajstić information content (AvgIpc) is 3.06. The zero-order valence-electron chi connectivity index (χ0n) is 13.6. The van der Waals surface area contributed by atoms with E-state index in [1.165, 1.54) is 17.4 Å². The molecule has 134 valence electrons. The molecule has 1 aromatic heterocycles. The fourth-order valence-electron chi connectivity index (χ4n) is 2.00. The first-order valence-electron chi connectivity index (χ1n) is 7.55. The van der Waals surface area contributed by atoms with E-state index in [9.17, 15) is 13.6 Å². The molecule has 1 amide bonds. The quantitative estimate of drug-likeness (QED) is 0.600. The number of hydrogen-bond donors (Lipinski definition) is 2. The molecule has 0 bridgehead atoms. The molecule has 3 rings (SSSR count). The van der Waals surface area contributed by atoms with E-state index in [0.29, 0.717) is 9.47 Å². The van der Waals surface area contributed by atoms with Gasteiger partial charge in [-0.3, -0.25) is 4.79 Å². The third-order valence-electron chi connectivity index (χ3n) is 3.26. The van der Waals surface area contributed by atoms with Crippen LogP contribution in [0.2, 0.25) is 0 Å². The van der Waals surface area contributed by atoms with E-state index < -0.39 is 23.2 Å². The summed E-state index contributed by atoms with van der Waals surface area (Å²) in [6.45, 7) is 2.00. The minimum Gasteiger partial charge on any atom is -0.330 e. The highest BCUT2D eigenvalue weighted by Crippen LogP contribution is 2.28. The molecule has 1 heterocycles. The number of nitrogens with zero attached hydrogens (tertiary/aromatic N) is 2. The second-order valence-corrected chi connectivity index (χ2v) is 7.50. The number of aryl methyl sites for hydroxylation is 1. The molecule has 0 saturated carbocycles. The molecule has 0 aliphatic rings. The van der Waals surface area contributed by atoms with Crippen molar-refractivity contribution in [2.75, 3.05) is 16.4 Å². The van der Waals surface area contributed by atoms with Gasteiger partial charge in [0.05, 0.1) is 5.75 Å². The van der Waals surface area contributed by atoms with Crippen LogP contribution in [-0.4, -0.2) is 21.9 Å². The number of rotatable bonds is 6. The molecule has 5 nitrogen and oxygen atoms in total. The summed E-state index contributed by atoms with van der Waals surface area (Å²) in [4.78, 5) is 11.9. The van der Waals surface area contributed by atoms with Gasteiger partial charge in [-0.25, -0.2) is 8.78 Å². The highest BCUT2D eigenvalue weighted by atomic mass is 32.2. The number of carbonyl (C=O) groups excluding carboxylic acids is 1. The van der Waals surface area contributed by atoms with Crippen LogP contribution < -0.4 is 10.6 Å². The van der Waals surface area contributed by atoms with E-state index in [-0.39, 0.29) is 5.75 Å². The Morgan fingerprint density at radius 3 is 2.50 bits per heavy atom. The molecule has 0 fully saturated rings. The number of halogens is 2. The minimum absolute atomic E-state index is 0.0348. The molecule has 0 unspecified atom stereocenters. The predicted molar refractivity (Wildman–Crippen MR) is 100 cm³/mol. The number of para-hydroxylation sites is 1. The monoisotopic (exact) mass is 392 g/mol. The zero-order chi connectivity index (χ0) is 18.5. The van der Waals surface area contributed by atoms with E-state index >= 15 is 0 Å². The smallest absolute Gasteiger partial charge is 0.234 e. The van der Waals surface area contributed by atoms with Gasteiger partial charge >= 0.3 is 0 Å². The Morgan fingerprint density at radius 2 is 1.81 bits per heavy atom. The van der Waals surface area contributed by atoms with Crippen molar-refractivity contribution in [1.29, 1.82) is 0 Å². The Kier molecular flexibility index (Phi) is 5.79. The van der Waals surface area contributed by atoms with Gasteiger partial charge in [0.25, 0.3) is 0 Å². The van der Waals surface area contributed by atoms with Crippen LogP contribution in [0.3, 0.4) is 0 Å². The molecular weight excluding hydrogens is 378 g/mol. The van der Waals surface area contributed by atoms with Crippen LogP contribution in [0.15, 0.2) is 46.8 Å². The first kappa shape index (κ1) is 18.3. The number of benzene rings is 2. The molecule has 0 saturated heterocycles. The van der Waals surface area contributed by atoms with Gasteiger partial charge in [0, 0.05) is 5.69 Å². The van der Waals surface area contributed by atoms with Crippen molar-refractivity contribution in [2.24, 2.45) is 0 Å². The summed E-state index contributed by atoms with van der Waals surface area (Å²) in [6, 6.07) is 11.2. The van der Waals surface area contributed by atoms with E-state index in [1.54, 1.807) is 0 Å². The fraction of sp³-hybridized carbons (Fsp3) is 0.118. The van der Waals surface area contributed by atoms with Gasteiger partial charge in [-0.15, -0.1) is 10.2 Å². The van der Waals surface area contributed by atoms with Crippen LogP contribution in [0.1, 0.15) is 5.56 Å². The van der Waals surface area contributed by atoms with Crippen LogP contribution >= 0.6 is 23.1 Å². The van der Waals surface area contributed by atoms with E-state index in [1.807, 2.05) is 31.2 Å². The SMILES string of the molecule is Cc1ccc(Nc2nnc(SCC(=O)Nc3c(F)cccc3F)s2)cc1. The standard InChI is InChI=1S/C17H14F2N4OS2/c1-10-5-7-11(8-6-10)20-16-22-23-17(26-16)25-9-14(24)21-15-12(18)3-2-4-13(15)19/h2-8H,9H2,1H3,(H,20,22)(H,21,24). The van der Waals surface area contributed by atoms with Crippen molar-refractivity contribution >= 4 is 45.5 Å². The van der Waals surface area contributed by atoms with Gasteiger partial charge < -0.3 is 10.6 Å². The zero-order valence-corrected chi connectivity index (χ0v) is 15.3. The lowest BCUT2D eigenvalue weighted by molar-refractivity contribution is -0.113. The predicted octanol–water partition coefficient (Wildman–Crippen LogP) is 4.60. The summed E-state index contributed by atoms with van der Waals surface area (Å²) in [5.41, 5.74) is 1.59. The average molecular weight is 392 g/mol. The van der Waals surface area contributed by atoms with Gasteiger partial charge in [-0.1, -0.05) is 46.9 Å². The summed E-state index contributed by atoms with van der Waals surface area (Å²) in [7, 11) is 0. The Labute approximate surface area is 156 Å². The summed E-state index contributed by atoms with van der Waals surface area (Å²) < 4.78 is 27.6. The number of aromatic nitrogens is 2. The van der Waals surface area contributed by atoms with Crippen LogP contribution in [0, 0.1) is 18.6 Å². The normalized spacial score (nSPS) is 10.6. The first-order valence-corrected chi connectivity index (χ1v) is 9.35. The topological polar surface area (TPSA) is 66.9 Å². The molecule has 0 aliphatic carbocycles. The van der Waals surface area contributed by atoms with E-state index in [0.717, 1.165) is 35.1 Å². The molecule has 0 aliphatic heterocycles. The van der Waals surface area contributed by atoms with Crippen LogP contribution in [-0.2, 0) is 4.79 Å². The second-order valence-electron chi connectivity index (χ2n) is 5.30. The number of amides is 1. The van der Waals surface area contributed by atoms with Gasteiger partial charge in [0.15, 0.2) is 4.34 Å². The Morgan fingerprint density at radius 1 is 1.12 bits per heavy atom. The third kappa shape index (κ3) is 4.77. The number of thioether (sulfide) groups is 1. The summed E-state index contributed by atoms with van der Waals surface area (Å²) >= 11 is 2.43. The number of carbonyl (C=O) groups is 1. The second kappa shape index (κ2) is 8.24. The highest BCUT2D eigenvalue weighted by Gasteiger charge is 2.13. The van der Waals surface area contributed by atoms with Gasteiger partial charge in [-0.2, -0.15) is 0 Å². The summed E-state index contributed by atoms with van der Waals surface area (Å²) in [5, 5.41) is 13.9. The number of anilines is 3. The van der Waals surface area contributed by atoms with Gasteiger partial charge in [0.2, 0.25) is 11.0 Å². The summed E-state index contributed by atoms with van der Waals surface area (Å²) in [5.74, 6) is -2.19. The molecule has 0 atom stereocenters. The third-order valence-corrected chi connectivity index (χ3v) is 5.24. The lowest BCUT2D eigenvalue weighted by Gasteiger charge is -2.06. The maximum absolute atomic E-state index is 13.5. The van der Waals surface area contributed by atoms with Crippen LogP contribution in [0.5, 0.6) is 0 Å². The van der Waals surface area contributed by atoms with Gasteiger partial charge in [-0.05, 0) is 31.2 Å². The van der Waals surface area contributed by atoms with Crippen molar-refractivity contribution in [3.05, 3.63) is 59.7 Å². The molecule has 0 radical (unpaired) electrons. The number of hydrogen-bond acceptors (Lipinski definition) is 6. The van der Waals surface area contributed by atoms with Crippen molar-refractivity contribution in [2.45, 2.75) is 11.3 Å². The fourth-order valence-corrected chi connectivity index (χ4v) is 3.57. The van der Waals surface area contributed by atoms with Crippen LogP contribution in [0.25, 0.3) is 0 Å². The van der Waals surface area contributed by atoms with Gasteiger partial charge in [0.1, 0.15) is 17.3 Å². The molecule has 2 N–H and O–H groups in total. The van der Waals surface area contributed by atoms with E-state index in [2.05, 4.69) is 20.8 Å². The number of nitrogens with one attached hydrogen (secondary N) is 2. The maximum Gasteiger partial charge on any atom is 0.234 e. The van der Waals surface area contributed by atoms with Crippen molar-refractivity contribution in [3.8, 4) is 0 Å². The highest BCUT2D eigenvalue weighted by molar-refractivity contribution is 8.01. The maximum atomic E-state index is 13.5. The van der Waals surface area contributed by atoms with Crippen LogP contribution in [0.4, 0.5) is 25.3 Å². The lowest BCUT2D eigenvalue weighted by Crippen LogP contribution is -2.16. The Hall–Kier alpha value is -2.52. The molecule has 2 aromatic carbocycles. The Bertz CT molecular complexity index is 895. The first-order chi connectivity index (χ1) is 12.5. The lowest BCUT2D eigenvalue weighted by atomic mass is 10.2.